The van der Waals surface area contributed by atoms with Crippen LogP contribution < -0.4 is 20.4 Å². The van der Waals surface area contributed by atoms with Gasteiger partial charge in [0, 0.05) is 17.8 Å². The number of carbonyl (C=O) groups excluding carboxylic acids is 1. The van der Waals surface area contributed by atoms with E-state index in [0.717, 1.165) is 17.5 Å². The van der Waals surface area contributed by atoms with Crippen LogP contribution in [0.25, 0.3) is 0 Å². The first-order valence-electron chi connectivity index (χ1n) is 9.79. The number of aromatic nitrogens is 2. The molecular formula is C19H18BN5O7S2. The predicted octanol–water partition coefficient (Wildman–Crippen LogP) is -0.0223. The van der Waals surface area contributed by atoms with Gasteiger partial charge in [-0.3, -0.25) is 9.78 Å². The van der Waals surface area contributed by atoms with E-state index in [1.54, 1.807) is 6.07 Å². The van der Waals surface area contributed by atoms with Gasteiger partial charge in [0.05, 0.1) is 17.2 Å². The van der Waals surface area contributed by atoms with E-state index in [9.17, 15) is 28.1 Å². The van der Waals surface area contributed by atoms with Crippen molar-refractivity contribution in [3.63, 3.8) is 0 Å². The highest BCUT2D eigenvalue weighted by atomic mass is 32.2. The minimum absolute atomic E-state index is 0.00843. The number of nitrogens with zero attached hydrogens (tertiary/aromatic N) is 2. The molecule has 1 aliphatic rings. The Bertz CT molecular complexity index is 1340. The third kappa shape index (κ3) is 4.86. The van der Waals surface area contributed by atoms with Crippen molar-refractivity contribution in [2.45, 2.75) is 23.3 Å². The topological polar surface area (TPSA) is 194 Å². The highest BCUT2D eigenvalue weighted by Gasteiger charge is 2.40. The fraction of sp³-hybridized carbons (Fsp3) is 0.158. The molecule has 0 saturated heterocycles. The zero-order chi connectivity index (χ0) is 24.5. The Balaban J connectivity index is 1.59. The van der Waals surface area contributed by atoms with Gasteiger partial charge in [0.2, 0.25) is 15.9 Å². The fourth-order valence-corrected chi connectivity index (χ4v) is 5.11. The number of amides is 1. The maximum absolute atomic E-state index is 13.2. The summed E-state index contributed by atoms with van der Waals surface area (Å²) in [5.74, 6) is -3.03. The lowest BCUT2D eigenvalue weighted by molar-refractivity contribution is -0.123. The number of nitrogens with one attached hydrogen (secondary N) is 2. The van der Waals surface area contributed by atoms with E-state index in [1.165, 1.54) is 35.8 Å². The summed E-state index contributed by atoms with van der Waals surface area (Å²) in [6.07, 6.45) is 2.58. The number of rotatable bonds is 7. The number of hydrogen-bond acceptors (Lipinski definition) is 10. The summed E-state index contributed by atoms with van der Waals surface area (Å²) in [6, 6.07) is 5.74. The predicted molar refractivity (Wildman–Crippen MR) is 121 cm³/mol. The number of carboxylic acid groups (broad SMARTS) is 1. The van der Waals surface area contributed by atoms with Crippen LogP contribution in [-0.4, -0.2) is 53.5 Å². The SMILES string of the molecule is Nc1nc(C(NS(=O)(=O)c2cccnc2)C(=O)NC2Cc3cccc(C(=O)O)c3OB2O)cs1. The molecule has 0 fully saturated rings. The maximum Gasteiger partial charge on any atom is 0.547 e. The van der Waals surface area contributed by atoms with Gasteiger partial charge in [-0.05, 0) is 30.2 Å². The van der Waals surface area contributed by atoms with Gasteiger partial charge in [0.25, 0.3) is 0 Å². The summed E-state index contributed by atoms with van der Waals surface area (Å²) in [5, 5.41) is 23.9. The Morgan fingerprint density at radius 1 is 1.29 bits per heavy atom. The van der Waals surface area contributed by atoms with Crippen LogP contribution in [0.4, 0.5) is 5.13 Å². The van der Waals surface area contributed by atoms with E-state index in [0.29, 0.717) is 5.56 Å². The summed E-state index contributed by atoms with van der Waals surface area (Å²) < 4.78 is 33.3. The second-order valence-corrected chi connectivity index (χ2v) is 9.88. The molecule has 15 heteroatoms. The lowest BCUT2D eigenvalue weighted by atomic mass is 9.72. The molecule has 2 atom stereocenters. The molecule has 0 aliphatic carbocycles. The Morgan fingerprint density at radius 3 is 2.74 bits per heavy atom. The van der Waals surface area contributed by atoms with Gasteiger partial charge in [-0.2, -0.15) is 4.72 Å². The Morgan fingerprint density at radius 2 is 2.09 bits per heavy atom. The lowest BCUT2D eigenvalue weighted by Crippen LogP contribution is -2.55. The molecule has 0 radical (unpaired) electrons. The highest BCUT2D eigenvalue weighted by molar-refractivity contribution is 7.89. The number of nitrogens with two attached hydrogens (primary N) is 1. The molecule has 4 rings (SSSR count). The number of thiazole rings is 1. The number of benzene rings is 1. The molecule has 34 heavy (non-hydrogen) atoms. The molecule has 2 aromatic heterocycles. The molecule has 0 saturated carbocycles. The minimum Gasteiger partial charge on any atom is -0.534 e. The first kappa shape index (κ1) is 23.6. The van der Waals surface area contributed by atoms with Gasteiger partial charge >= 0.3 is 13.1 Å². The van der Waals surface area contributed by atoms with Crippen molar-refractivity contribution in [1.82, 2.24) is 20.0 Å². The average Bonchev–Trinajstić information content (AvgIpc) is 3.24. The van der Waals surface area contributed by atoms with Crippen LogP contribution in [0.2, 0.25) is 0 Å². The molecule has 12 nitrogen and oxygen atoms in total. The van der Waals surface area contributed by atoms with Gasteiger partial charge in [-0.15, -0.1) is 11.3 Å². The van der Waals surface area contributed by atoms with Crippen LogP contribution in [0.5, 0.6) is 5.75 Å². The van der Waals surface area contributed by atoms with Crippen LogP contribution in [0.15, 0.2) is 53.0 Å². The van der Waals surface area contributed by atoms with E-state index in [-0.39, 0.29) is 33.5 Å². The number of carbonyl (C=O) groups is 2. The standard InChI is InChI=1S/C19H18BN5O7S2/c21-19-23-13(9-33-19)15(25-34(30,31)11-4-2-6-22-8-11)17(26)24-14-7-10-3-1-5-12(18(27)28)16(10)32-20(14)29/h1-6,8-9,14-15,25,29H,7H2,(H2,21,23)(H,24,26)(H,27,28). The lowest BCUT2D eigenvalue weighted by Gasteiger charge is -2.30. The van der Waals surface area contributed by atoms with Gasteiger partial charge in [-0.25, -0.2) is 18.2 Å². The van der Waals surface area contributed by atoms with Crippen LogP contribution in [0.3, 0.4) is 0 Å². The molecule has 0 spiro atoms. The summed E-state index contributed by atoms with van der Waals surface area (Å²) in [5.41, 5.74) is 6.07. The van der Waals surface area contributed by atoms with E-state index in [1.807, 2.05) is 0 Å². The van der Waals surface area contributed by atoms with Gasteiger partial charge in [0.15, 0.2) is 5.13 Å². The number of aromatic carboxylic acids is 1. The smallest absolute Gasteiger partial charge is 0.534 e. The number of hydrogen-bond donors (Lipinski definition) is 5. The number of anilines is 1. The summed E-state index contributed by atoms with van der Waals surface area (Å²) in [7, 11) is -5.75. The zero-order valence-corrected chi connectivity index (χ0v) is 18.9. The molecule has 3 aromatic rings. The molecule has 6 N–H and O–H groups in total. The highest BCUT2D eigenvalue weighted by Crippen LogP contribution is 2.30. The van der Waals surface area contributed by atoms with Crippen molar-refractivity contribution in [2.75, 3.05) is 5.73 Å². The zero-order valence-electron chi connectivity index (χ0n) is 17.3. The van der Waals surface area contributed by atoms with E-state index >= 15 is 0 Å². The largest absolute Gasteiger partial charge is 0.547 e. The molecular weight excluding hydrogens is 485 g/mol. The van der Waals surface area contributed by atoms with Crippen LogP contribution in [0.1, 0.15) is 27.7 Å². The Labute approximate surface area is 198 Å². The number of pyridine rings is 1. The minimum atomic E-state index is -4.17. The van der Waals surface area contributed by atoms with Crippen molar-refractivity contribution >= 4 is 45.5 Å². The van der Waals surface area contributed by atoms with E-state index in [4.69, 9.17) is 10.4 Å². The van der Waals surface area contributed by atoms with Gasteiger partial charge in [0.1, 0.15) is 16.7 Å². The first-order chi connectivity index (χ1) is 16.2. The first-order valence-corrected chi connectivity index (χ1v) is 12.2. The number of fused-ring (bicyclic) bond motifs is 1. The number of carboxylic acids is 1. The molecule has 1 aliphatic heterocycles. The summed E-state index contributed by atoms with van der Waals surface area (Å²) >= 11 is 1.02. The average molecular weight is 503 g/mol. The fourth-order valence-electron chi connectivity index (χ4n) is 3.39. The van der Waals surface area contributed by atoms with Crippen molar-refractivity contribution < 1.29 is 32.8 Å². The molecule has 2 unspecified atom stereocenters. The molecule has 176 valence electrons. The van der Waals surface area contributed by atoms with Crippen molar-refractivity contribution in [1.29, 1.82) is 0 Å². The van der Waals surface area contributed by atoms with E-state index < -0.39 is 41.0 Å². The Hall–Kier alpha value is -3.53. The third-order valence-corrected chi connectivity index (χ3v) is 7.09. The third-order valence-electron chi connectivity index (χ3n) is 4.99. The molecule has 0 bridgehead atoms. The van der Waals surface area contributed by atoms with Gasteiger partial charge in [-0.1, -0.05) is 12.1 Å². The number of sulfonamides is 1. The van der Waals surface area contributed by atoms with Crippen molar-refractivity contribution in [2.24, 2.45) is 0 Å². The molecule has 3 heterocycles. The maximum atomic E-state index is 13.2. The number of nitrogen functional groups attached to an aromatic ring is 1. The Kier molecular flexibility index (Phi) is 6.52. The quantitative estimate of drug-likeness (QED) is 0.274. The monoisotopic (exact) mass is 503 g/mol. The molecule has 1 aromatic carbocycles. The summed E-state index contributed by atoms with van der Waals surface area (Å²) in [6.45, 7) is 0. The van der Waals surface area contributed by atoms with E-state index in [2.05, 4.69) is 20.0 Å². The van der Waals surface area contributed by atoms with Crippen molar-refractivity contribution in [3.8, 4) is 5.75 Å². The second-order valence-electron chi connectivity index (χ2n) is 7.28. The van der Waals surface area contributed by atoms with Crippen LogP contribution in [-0.2, 0) is 21.2 Å². The van der Waals surface area contributed by atoms with Gasteiger partial charge < -0.3 is 25.8 Å². The van der Waals surface area contributed by atoms with Crippen molar-refractivity contribution in [3.05, 3.63) is 64.9 Å². The second kappa shape index (κ2) is 9.38. The van der Waals surface area contributed by atoms with Crippen LogP contribution >= 0.6 is 11.3 Å². The normalized spacial score (nSPS) is 16.3. The number of para-hydroxylation sites is 1. The summed E-state index contributed by atoms with van der Waals surface area (Å²) in [4.78, 5) is 32.2. The van der Waals surface area contributed by atoms with Crippen LogP contribution in [0, 0.1) is 0 Å². The molecule has 1 amide bonds.